The Morgan fingerprint density at radius 2 is 1.81 bits per heavy atom. The molecule has 0 radical (unpaired) electrons. The number of benzene rings is 1. The molecule has 2 heterocycles. The van der Waals surface area contributed by atoms with Crippen LogP contribution >= 0.6 is 0 Å². The van der Waals surface area contributed by atoms with Crippen molar-refractivity contribution in [2.24, 2.45) is 0 Å². The molecule has 0 saturated heterocycles. The lowest BCUT2D eigenvalue weighted by molar-refractivity contribution is -0.129. The van der Waals surface area contributed by atoms with Gasteiger partial charge in [0.25, 0.3) is 5.91 Å². The number of ketones is 1. The molecule has 3 rings (SSSR count). The second-order valence-corrected chi connectivity index (χ2v) is 6.77. The molecular formula is C22H25NO8. The lowest BCUT2D eigenvalue weighted by Gasteiger charge is -2.27. The van der Waals surface area contributed by atoms with Crippen molar-refractivity contribution in [3.05, 3.63) is 53.2 Å². The third kappa shape index (κ3) is 4.09. The first kappa shape index (κ1) is 22.2. The van der Waals surface area contributed by atoms with E-state index < -0.39 is 23.5 Å². The number of rotatable bonds is 10. The summed E-state index contributed by atoms with van der Waals surface area (Å²) in [6, 6.07) is 5.46. The Morgan fingerprint density at radius 3 is 2.32 bits per heavy atom. The molecule has 0 saturated carbocycles. The van der Waals surface area contributed by atoms with E-state index in [-0.39, 0.29) is 17.9 Å². The normalized spacial score (nSPS) is 16.1. The Hall–Kier alpha value is -3.46. The predicted molar refractivity (Wildman–Crippen MR) is 110 cm³/mol. The highest BCUT2D eigenvalue weighted by molar-refractivity contribution is 6.15. The third-order valence-electron chi connectivity index (χ3n) is 5.04. The van der Waals surface area contributed by atoms with Crippen LogP contribution in [0.4, 0.5) is 0 Å². The van der Waals surface area contributed by atoms with Crippen LogP contribution in [0.25, 0.3) is 0 Å². The van der Waals surface area contributed by atoms with Crippen LogP contribution in [-0.4, -0.2) is 63.3 Å². The standard InChI is InChI=1S/C22H25NO8/c1-27-9-6-8-23-18(13-11-15(28-2)21(30-4)16(12-13)29-3)17(20(25)22(23)26)19(24)14-7-5-10-31-14/h5,7,10-12,18,25H,6,8-9H2,1-4H3/t18-/m0/s1. The number of ether oxygens (including phenoxy) is 4. The molecule has 1 N–H and O–H groups in total. The molecule has 0 aliphatic carbocycles. The third-order valence-corrected chi connectivity index (χ3v) is 5.04. The number of hydrogen-bond acceptors (Lipinski definition) is 8. The molecule has 1 aliphatic rings. The summed E-state index contributed by atoms with van der Waals surface area (Å²) in [5, 5.41) is 10.6. The van der Waals surface area contributed by atoms with Gasteiger partial charge in [0.15, 0.2) is 23.0 Å². The number of carbonyl (C=O) groups excluding carboxylic acids is 2. The maximum atomic E-state index is 13.2. The average Bonchev–Trinajstić information content (AvgIpc) is 3.41. The smallest absolute Gasteiger partial charge is 0.290 e. The van der Waals surface area contributed by atoms with Crippen molar-refractivity contribution in [2.45, 2.75) is 12.5 Å². The molecular weight excluding hydrogens is 406 g/mol. The van der Waals surface area contributed by atoms with E-state index in [2.05, 4.69) is 0 Å². The van der Waals surface area contributed by atoms with E-state index in [1.165, 1.54) is 38.6 Å². The van der Waals surface area contributed by atoms with Crippen molar-refractivity contribution in [3.63, 3.8) is 0 Å². The van der Waals surface area contributed by atoms with Crippen LogP contribution in [0, 0.1) is 0 Å². The lowest BCUT2D eigenvalue weighted by atomic mass is 9.94. The number of aliphatic hydroxyl groups excluding tert-OH is 1. The highest BCUT2D eigenvalue weighted by atomic mass is 16.5. The molecule has 0 spiro atoms. The van der Waals surface area contributed by atoms with Gasteiger partial charge < -0.3 is 33.4 Å². The van der Waals surface area contributed by atoms with Crippen LogP contribution in [0.2, 0.25) is 0 Å². The van der Waals surface area contributed by atoms with Gasteiger partial charge in [0.1, 0.15) is 0 Å². The lowest BCUT2D eigenvalue weighted by Crippen LogP contribution is -2.32. The molecule has 31 heavy (non-hydrogen) atoms. The van der Waals surface area contributed by atoms with Gasteiger partial charge in [-0.2, -0.15) is 0 Å². The van der Waals surface area contributed by atoms with Crippen molar-refractivity contribution in [3.8, 4) is 17.2 Å². The molecule has 1 amide bonds. The second-order valence-electron chi connectivity index (χ2n) is 6.77. The first-order valence-electron chi connectivity index (χ1n) is 9.59. The van der Waals surface area contributed by atoms with Crippen molar-refractivity contribution < 1.29 is 38.1 Å². The number of hydrogen-bond donors (Lipinski definition) is 1. The average molecular weight is 431 g/mol. The number of carbonyl (C=O) groups is 2. The van der Waals surface area contributed by atoms with Gasteiger partial charge in [-0.05, 0) is 36.2 Å². The van der Waals surface area contributed by atoms with Gasteiger partial charge in [-0.15, -0.1) is 0 Å². The molecule has 166 valence electrons. The number of aliphatic hydroxyl groups is 1. The zero-order chi connectivity index (χ0) is 22.5. The van der Waals surface area contributed by atoms with E-state index in [1.54, 1.807) is 25.3 Å². The molecule has 1 aliphatic heterocycles. The Morgan fingerprint density at radius 1 is 1.13 bits per heavy atom. The molecule has 0 bridgehead atoms. The highest BCUT2D eigenvalue weighted by Crippen LogP contribution is 2.45. The van der Waals surface area contributed by atoms with Gasteiger partial charge in [-0.25, -0.2) is 0 Å². The maximum Gasteiger partial charge on any atom is 0.290 e. The number of amides is 1. The predicted octanol–water partition coefficient (Wildman–Crippen LogP) is 2.92. The summed E-state index contributed by atoms with van der Waals surface area (Å²) in [7, 11) is 5.98. The van der Waals surface area contributed by atoms with Crippen molar-refractivity contribution >= 4 is 11.7 Å². The second kappa shape index (κ2) is 9.57. The molecule has 0 unspecified atom stereocenters. The van der Waals surface area contributed by atoms with Crippen LogP contribution in [0.3, 0.4) is 0 Å². The number of furan rings is 1. The largest absolute Gasteiger partial charge is 0.503 e. The van der Waals surface area contributed by atoms with Gasteiger partial charge in [-0.3, -0.25) is 9.59 Å². The van der Waals surface area contributed by atoms with E-state index in [0.29, 0.717) is 35.8 Å². The monoisotopic (exact) mass is 431 g/mol. The van der Waals surface area contributed by atoms with E-state index in [4.69, 9.17) is 23.4 Å². The van der Waals surface area contributed by atoms with Crippen molar-refractivity contribution in [2.75, 3.05) is 41.6 Å². The summed E-state index contributed by atoms with van der Waals surface area (Å²) in [5.41, 5.74) is 0.436. The van der Waals surface area contributed by atoms with Crippen LogP contribution in [0.5, 0.6) is 17.2 Å². The summed E-state index contributed by atoms with van der Waals surface area (Å²) in [6.45, 7) is 0.668. The molecule has 1 atom stereocenters. The zero-order valence-electron chi connectivity index (χ0n) is 17.8. The summed E-state index contributed by atoms with van der Waals surface area (Å²) < 4.78 is 26.5. The Balaban J connectivity index is 2.15. The van der Waals surface area contributed by atoms with Crippen LogP contribution in [0.1, 0.15) is 28.6 Å². The van der Waals surface area contributed by atoms with Crippen LogP contribution in [-0.2, 0) is 9.53 Å². The SMILES string of the molecule is COCCCN1C(=O)C(O)=C(C(=O)c2ccco2)[C@@H]1c1cc(OC)c(OC)c(OC)c1. The molecule has 9 heteroatoms. The molecule has 0 fully saturated rings. The number of methoxy groups -OCH3 is 4. The highest BCUT2D eigenvalue weighted by Gasteiger charge is 2.44. The van der Waals surface area contributed by atoms with Gasteiger partial charge in [-0.1, -0.05) is 0 Å². The van der Waals surface area contributed by atoms with Gasteiger partial charge >= 0.3 is 0 Å². The minimum Gasteiger partial charge on any atom is -0.503 e. The van der Waals surface area contributed by atoms with E-state index >= 15 is 0 Å². The Bertz CT molecular complexity index is 954. The van der Waals surface area contributed by atoms with Gasteiger partial charge in [0.2, 0.25) is 11.5 Å². The van der Waals surface area contributed by atoms with Gasteiger partial charge in [0.05, 0.1) is 39.2 Å². The summed E-state index contributed by atoms with van der Waals surface area (Å²) in [4.78, 5) is 27.5. The molecule has 1 aromatic carbocycles. The first-order chi connectivity index (χ1) is 15.0. The first-order valence-corrected chi connectivity index (χ1v) is 9.59. The fourth-order valence-electron chi connectivity index (χ4n) is 3.64. The maximum absolute atomic E-state index is 13.2. The Labute approximate surface area is 179 Å². The fourth-order valence-corrected chi connectivity index (χ4v) is 3.64. The molecule has 2 aromatic rings. The van der Waals surface area contributed by atoms with Crippen molar-refractivity contribution in [1.29, 1.82) is 0 Å². The fraction of sp³-hybridized carbons (Fsp3) is 0.364. The summed E-state index contributed by atoms with van der Waals surface area (Å²) in [5.74, 6) is -0.734. The number of nitrogens with zero attached hydrogens (tertiary/aromatic N) is 1. The van der Waals surface area contributed by atoms with Crippen molar-refractivity contribution in [1.82, 2.24) is 4.90 Å². The van der Waals surface area contributed by atoms with E-state index in [9.17, 15) is 14.7 Å². The minimum absolute atomic E-state index is 0.0190. The molecule has 9 nitrogen and oxygen atoms in total. The number of Topliss-reactive ketones (excluding diaryl/α,β-unsaturated/α-hetero) is 1. The van der Waals surface area contributed by atoms with Gasteiger partial charge in [0, 0.05) is 20.3 Å². The van der Waals surface area contributed by atoms with Crippen LogP contribution < -0.4 is 14.2 Å². The summed E-state index contributed by atoms with van der Waals surface area (Å²) in [6.07, 6.45) is 1.87. The van der Waals surface area contributed by atoms with Crippen LogP contribution in [0.15, 0.2) is 46.3 Å². The summed E-state index contributed by atoms with van der Waals surface area (Å²) >= 11 is 0. The van der Waals surface area contributed by atoms with E-state index in [1.807, 2.05) is 0 Å². The molecule has 1 aromatic heterocycles. The Kier molecular flexibility index (Phi) is 6.86. The topological polar surface area (TPSA) is 108 Å². The zero-order valence-corrected chi connectivity index (χ0v) is 17.8. The van der Waals surface area contributed by atoms with E-state index in [0.717, 1.165) is 0 Å². The quantitative estimate of drug-likeness (QED) is 0.452. The minimum atomic E-state index is -0.879.